The van der Waals surface area contributed by atoms with E-state index >= 15 is 0 Å². The number of ether oxygens (including phenoxy) is 1. The SMILES string of the molecule is Cc1cccc(C(=O)Oc2ccc(/C=N/NC(=O)c3ccc(N)cc3)cc2)c1. The van der Waals surface area contributed by atoms with Gasteiger partial charge >= 0.3 is 5.97 Å². The van der Waals surface area contributed by atoms with Gasteiger partial charge in [-0.15, -0.1) is 0 Å². The molecule has 0 atom stereocenters. The highest BCUT2D eigenvalue weighted by Crippen LogP contribution is 2.14. The fourth-order valence-electron chi connectivity index (χ4n) is 2.42. The van der Waals surface area contributed by atoms with Crippen LogP contribution in [0, 0.1) is 6.92 Å². The van der Waals surface area contributed by atoms with Crippen LogP contribution in [0.15, 0.2) is 77.9 Å². The van der Waals surface area contributed by atoms with Crippen molar-refractivity contribution in [3.05, 3.63) is 95.1 Å². The fraction of sp³-hybridized carbons (Fsp3) is 0.0455. The zero-order chi connectivity index (χ0) is 19.9. The number of nitrogen functional groups attached to an aromatic ring is 1. The van der Waals surface area contributed by atoms with Crippen molar-refractivity contribution in [2.45, 2.75) is 6.92 Å². The van der Waals surface area contributed by atoms with Gasteiger partial charge in [0.2, 0.25) is 0 Å². The first-order valence-electron chi connectivity index (χ1n) is 8.59. The highest BCUT2D eigenvalue weighted by molar-refractivity contribution is 5.95. The molecular formula is C22H19N3O3. The average Bonchev–Trinajstić information content (AvgIpc) is 2.69. The van der Waals surface area contributed by atoms with Crippen LogP contribution in [0.5, 0.6) is 5.75 Å². The van der Waals surface area contributed by atoms with Crippen LogP contribution < -0.4 is 15.9 Å². The number of nitrogens with two attached hydrogens (primary N) is 1. The third kappa shape index (κ3) is 5.04. The largest absolute Gasteiger partial charge is 0.423 e. The number of amides is 1. The third-order valence-electron chi connectivity index (χ3n) is 3.90. The highest BCUT2D eigenvalue weighted by Gasteiger charge is 2.08. The Balaban J connectivity index is 1.56. The van der Waals surface area contributed by atoms with E-state index in [9.17, 15) is 9.59 Å². The maximum absolute atomic E-state index is 12.2. The van der Waals surface area contributed by atoms with Crippen LogP contribution in [0.2, 0.25) is 0 Å². The topological polar surface area (TPSA) is 93.8 Å². The maximum atomic E-state index is 12.2. The minimum absolute atomic E-state index is 0.333. The summed E-state index contributed by atoms with van der Waals surface area (Å²) in [6, 6.07) is 20.5. The summed E-state index contributed by atoms with van der Waals surface area (Å²) >= 11 is 0. The first-order chi connectivity index (χ1) is 13.5. The van der Waals surface area contributed by atoms with Crippen molar-refractivity contribution in [2.24, 2.45) is 5.10 Å². The number of benzene rings is 3. The van der Waals surface area contributed by atoms with Gasteiger partial charge < -0.3 is 10.5 Å². The molecule has 0 radical (unpaired) electrons. The molecule has 3 aromatic carbocycles. The van der Waals surface area contributed by atoms with Gasteiger partial charge in [-0.05, 0) is 73.2 Å². The molecule has 140 valence electrons. The van der Waals surface area contributed by atoms with Gasteiger partial charge in [0.25, 0.3) is 5.91 Å². The van der Waals surface area contributed by atoms with Gasteiger partial charge in [0.15, 0.2) is 0 Å². The summed E-state index contributed by atoms with van der Waals surface area (Å²) in [7, 11) is 0. The van der Waals surface area contributed by atoms with Crippen LogP contribution in [0.4, 0.5) is 5.69 Å². The normalized spacial score (nSPS) is 10.6. The first kappa shape index (κ1) is 18.8. The molecular weight excluding hydrogens is 354 g/mol. The zero-order valence-electron chi connectivity index (χ0n) is 15.3. The zero-order valence-corrected chi connectivity index (χ0v) is 15.3. The predicted molar refractivity (Wildman–Crippen MR) is 108 cm³/mol. The summed E-state index contributed by atoms with van der Waals surface area (Å²) in [5.74, 6) is -0.324. The Morgan fingerprint density at radius 1 is 0.964 bits per heavy atom. The standard InChI is InChI=1S/C22H19N3O3/c1-15-3-2-4-18(13-15)22(27)28-20-11-5-16(6-12-20)14-24-25-21(26)17-7-9-19(23)10-8-17/h2-14H,23H2,1H3,(H,25,26)/b24-14+. The van der Waals surface area contributed by atoms with E-state index in [-0.39, 0.29) is 5.91 Å². The number of rotatable bonds is 5. The van der Waals surface area contributed by atoms with E-state index in [1.807, 2.05) is 19.1 Å². The summed E-state index contributed by atoms with van der Waals surface area (Å²) in [4.78, 5) is 24.1. The Kier molecular flexibility index (Phi) is 5.81. The summed E-state index contributed by atoms with van der Waals surface area (Å²) in [5, 5.41) is 3.92. The molecule has 3 rings (SSSR count). The molecule has 0 saturated carbocycles. The number of hydrazone groups is 1. The minimum Gasteiger partial charge on any atom is -0.423 e. The van der Waals surface area contributed by atoms with E-state index in [1.54, 1.807) is 60.7 Å². The predicted octanol–water partition coefficient (Wildman–Crippen LogP) is 3.56. The molecule has 0 heterocycles. The Hall–Kier alpha value is -3.93. The van der Waals surface area contributed by atoms with Crippen molar-refractivity contribution >= 4 is 23.8 Å². The van der Waals surface area contributed by atoms with E-state index in [2.05, 4.69) is 10.5 Å². The van der Waals surface area contributed by atoms with Crippen molar-refractivity contribution in [1.29, 1.82) is 0 Å². The molecule has 0 bridgehead atoms. The van der Waals surface area contributed by atoms with Crippen LogP contribution in [-0.2, 0) is 0 Å². The van der Waals surface area contributed by atoms with Gasteiger partial charge in [0.05, 0.1) is 11.8 Å². The molecule has 0 unspecified atom stereocenters. The molecule has 6 nitrogen and oxygen atoms in total. The lowest BCUT2D eigenvalue weighted by Crippen LogP contribution is -2.17. The van der Waals surface area contributed by atoms with Crippen LogP contribution in [0.3, 0.4) is 0 Å². The molecule has 3 N–H and O–H groups in total. The van der Waals surface area contributed by atoms with E-state index < -0.39 is 5.97 Å². The van der Waals surface area contributed by atoms with Crippen LogP contribution >= 0.6 is 0 Å². The molecule has 1 amide bonds. The third-order valence-corrected chi connectivity index (χ3v) is 3.90. The molecule has 3 aromatic rings. The number of hydrogen-bond donors (Lipinski definition) is 2. The van der Waals surface area contributed by atoms with Gasteiger partial charge in [0, 0.05) is 11.3 Å². The molecule has 0 aliphatic rings. The average molecular weight is 373 g/mol. The van der Waals surface area contributed by atoms with Crippen LogP contribution in [-0.4, -0.2) is 18.1 Å². The number of carbonyl (C=O) groups excluding carboxylic acids is 2. The molecule has 0 aromatic heterocycles. The number of nitrogens with zero attached hydrogens (tertiary/aromatic N) is 1. The number of nitrogens with one attached hydrogen (secondary N) is 1. The lowest BCUT2D eigenvalue weighted by atomic mass is 10.1. The highest BCUT2D eigenvalue weighted by atomic mass is 16.5. The van der Waals surface area contributed by atoms with E-state index in [1.165, 1.54) is 6.21 Å². The maximum Gasteiger partial charge on any atom is 0.343 e. The molecule has 0 saturated heterocycles. The summed E-state index contributed by atoms with van der Waals surface area (Å²) in [6.45, 7) is 1.91. The quantitative estimate of drug-likeness (QED) is 0.235. The van der Waals surface area contributed by atoms with Crippen molar-refractivity contribution < 1.29 is 14.3 Å². The monoisotopic (exact) mass is 373 g/mol. The second-order valence-electron chi connectivity index (χ2n) is 6.15. The van der Waals surface area contributed by atoms with E-state index in [4.69, 9.17) is 10.5 Å². The van der Waals surface area contributed by atoms with Crippen molar-refractivity contribution in [3.63, 3.8) is 0 Å². The lowest BCUT2D eigenvalue weighted by Gasteiger charge is -2.05. The smallest absolute Gasteiger partial charge is 0.343 e. The first-order valence-corrected chi connectivity index (χ1v) is 8.59. The van der Waals surface area contributed by atoms with Gasteiger partial charge in [-0.1, -0.05) is 17.7 Å². The van der Waals surface area contributed by atoms with E-state index in [0.29, 0.717) is 22.6 Å². The summed E-state index contributed by atoms with van der Waals surface area (Å²) in [5.41, 5.74) is 11.3. The molecule has 0 aliphatic carbocycles. The lowest BCUT2D eigenvalue weighted by molar-refractivity contribution is 0.0734. The van der Waals surface area contributed by atoms with Gasteiger partial charge in [0.1, 0.15) is 5.75 Å². The summed E-state index contributed by atoms with van der Waals surface area (Å²) < 4.78 is 5.36. The van der Waals surface area contributed by atoms with Crippen molar-refractivity contribution in [1.82, 2.24) is 5.43 Å². The van der Waals surface area contributed by atoms with E-state index in [0.717, 1.165) is 11.1 Å². The second-order valence-corrected chi connectivity index (χ2v) is 6.15. The molecule has 0 spiro atoms. The number of aryl methyl sites for hydroxylation is 1. The van der Waals surface area contributed by atoms with Crippen LogP contribution in [0.25, 0.3) is 0 Å². The Morgan fingerprint density at radius 2 is 1.68 bits per heavy atom. The Morgan fingerprint density at radius 3 is 2.36 bits per heavy atom. The number of esters is 1. The second kappa shape index (κ2) is 8.64. The van der Waals surface area contributed by atoms with Gasteiger partial charge in [-0.25, -0.2) is 10.2 Å². The Labute approximate surface area is 162 Å². The van der Waals surface area contributed by atoms with Crippen molar-refractivity contribution in [2.75, 3.05) is 5.73 Å². The molecule has 0 fully saturated rings. The number of carbonyl (C=O) groups is 2. The molecule has 28 heavy (non-hydrogen) atoms. The summed E-state index contributed by atoms with van der Waals surface area (Å²) in [6.07, 6.45) is 1.50. The number of hydrogen-bond acceptors (Lipinski definition) is 5. The van der Waals surface area contributed by atoms with Crippen molar-refractivity contribution in [3.8, 4) is 5.75 Å². The number of anilines is 1. The molecule has 0 aliphatic heterocycles. The molecule has 6 heteroatoms. The van der Waals surface area contributed by atoms with Gasteiger partial charge in [-0.2, -0.15) is 5.10 Å². The van der Waals surface area contributed by atoms with Gasteiger partial charge in [-0.3, -0.25) is 4.79 Å². The Bertz CT molecular complexity index is 1010. The fourth-order valence-corrected chi connectivity index (χ4v) is 2.42. The van der Waals surface area contributed by atoms with Crippen LogP contribution in [0.1, 0.15) is 31.8 Å². The minimum atomic E-state index is -0.416.